The van der Waals surface area contributed by atoms with Crippen molar-refractivity contribution in [3.05, 3.63) is 76.1 Å². The van der Waals surface area contributed by atoms with E-state index in [1.165, 1.54) is 12.1 Å². The lowest BCUT2D eigenvalue weighted by molar-refractivity contribution is -0.121. The van der Waals surface area contributed by atoms with E-state index in [0.717, 1.165) is 18.7 Å². The van der Waals surface area contributed by atoms with Crippen molar-refractivity contribution < 1.29 is 13.9 Å². The molecule has 3 aromatic rings. The number of benzene rings is 2. The number of aromatic amines is 1. The van der Waals surface area contributed by atoms with Crippen LogP contribution in [0.15, 0.2) is 53.3 Å². The molecule has 7 nitrogen and oxygen atoms in total. The largest absolute Gasteiger partial charge is 0.379 e. The fourth-order valence-electron chi connectivity index (χ4n) is 4.00. The number of nitrogens with zero attached hydrogens (tertiary/aromatic N) is 2. The normalized spacial score (nSPS) is 15.5. The number of rotatable bonds is 8. The maximum absolute atomic E-state index is 13.4. The number of H-pyrrole nitrogens is 1. The Balaban J connectivity index is 1.32. The van der Waals surface area contributed by atoms with Crippen molar-refractivity contribution in [2.24, 2.45) is 0 Å². The number of carbonyl (C=O) groups excluding carboxylic acids is 1. The van der Waals surface area contributed by atoms with Crippen LogP contribution in [0.2, 0.25) is 0 Å². The van der Waals surface area contributed by atoms with Crippen molar-refractivity contribution in [2.75, 3.05) is 32.8 Å². The van der Waals surface area contributed by atoms with Crippen LogP contribution in [-0.2, 0) is 16.0 Å². The van der Waals surface area contributed by atoms with Crippen LogP contribution < -0.4 is 10.9 Å². The molecule has 1 fully saturated rings. The molecule has 1 aliphatic rings. The van der Waals surface area contributed by atoms with E-state index in [4.69, 9.17) is 4.74 Å². The quantitative estimate of drug-likeness (QED) is 0.565. The Labute approximate surface area is 185 Å². The molecule has 0 bridgehead atoms. The number of hydrogen-bond acceptors (Lipinski definition) is 5. The van der Waals surface area contributed by atoms with Gasteiger partial charge in [0, 0.05) is 32.5 Å². The van der Waals surface area contributed by atoms with E-state index in [0.29, 0.717) is 55.7 Å². The molecule has 2 heterocycles. The monoisotopic (exact) mass is 438 g/mol. The topological polar surface area (TPSA) is 87.3 Å². The lowest BCUT2D eigenvalue weighted by atomic mass is 10.0. The van der Waals surface area contributed by atoms with Gasteiger partial charge in [-0.05, 0) is 36.2 Å². The molecule has 32 heavy (non-hydrogen) atoms. The summed E-state index contributed by atoms with van der Waals surface area (Å²) in [6.45, 7) is 3.25. The zero-order valence-corrected chi connectivity index (χ0v) is 17.9. The third kappa shape index (κ3) is 5.57. The summed E-state index contributed by atoms with van der Waals surface area (Å²) in [6, 6.07) is 13.6. The molecule has 2 N–H and O–H groups in total. The van der Waals surface area contributed by atoms with Gasteiger partial charge >= 0.3 is 0 Å². The predicted molar refractivity (Wildman–Crippen MR) is 120 cm³/mol. The lowest BCUT2D eigenvalue weighted by Gasteiger charge is -2.35. The lowest BCUT2D eigenvalue weighted by Crippen LogP contribution is -2.43. The molecule has 1 unspecified atom stereocenters. The second-order valence-electron chi connectivity index (χ2n) is 7.90. The Hall–Kier alpha value is -3.10. The van der Waals surface area contributed by atoms with Crippen molar-refractivity contribution in [3.8, 4) is 0 Å². The summed E-state index contributed by atoms with van der Waals surface area (Å²) in [5.41, 5.74) is 1.46. The summed E-state index contributed by atoms with van der Waals surface area (Å²) < 4.78 is 18.8. The van der Waals surface area contributed by atoms with Gasteiger partial charge < -0.3 is 15.0 Å². The van der Waals surface area contributed by atoms with E-state index >= 15 is 0 Å². The van der Waals surface area contributed by atoms with Gasteiger partial charge in [-0.15, -0.1) is 0 Å². The van der Waals surface area contributed by atoms with Crippen LogP contribution in [0, 0.1) is 5.82 Å². The van der Waals surface area contributed by atoms with Gasteiger partial charge in [-0.2, -0.15) is 0 Å². The van der Waals surface area contributed by atoms with E-state index in [2.05, 4.69) is 20.2 Å². The third-order valence-corrected chi connectivity index (χ3v) is 5.71. The summed E-state index contributed by atoms with van der Waals surface area (Å²) >= 11 is 0. The molecule has 0 saturated carbocycles. The summed E-state index contributed by atoms with van der Waals surface area (Å²) in [7, 11) is 0. The SMILES string of the molecule is O=C(CCCc1nc2ccccc2c(=O)[nH]1)NCC(c1ccc(F)cc1)N1CCOCC1. The van der Waals surface area contributed by atoms with Gasteiger partial charge in [-0.3, -0.25) is 14.5 Å². The Kier molecular flexibility index (Phi) is 7.24. The first-order chi connectivity index (χ1) is 15.6. The van der Waals surface area contributed by atoms with E-state index in [-0.39, 0.29) is 23.3 Å². The minimum Gasteiger partial charge on any atom is -0.379 e. The summed E-state index contributed by atoms with van der Waals surface area (Å²) in [5, 5.41) is 3.57. The minimum atomic E-state index is -0.279. The molecular weight excluding hydrogens is 411 g/mol. The minimum absolute atomic E-state index is 0.0399. The fourth-order valence-corrected chi connectivity index (χ4v) is 4.00. The number of carbonyl (C=O) groups is 1. The van der Waals surface area contributed by atoms with Crippen molar-refractivity contribution in [2.45, 2.75) is 25.3 Å². The molecule has 1 aliphatic heterocycles. The van der Waals surface area contributed by atoms with Crippen molar-refractivity contribution in [1.82, 2.24) is 20.2 Å². The van der Waals surface area contributed by atoms with Crippen LogP contribution >= 0.6 is 0 Å². The maximum atomic E-state index is 13.4. The van der Waals surface area contributed by atoms with E-state index in [1.807, 2.05) is 12.1 Å². The number of hydrogen-bond donors (Lipinski definition) is 2. The molecule has 4 rings (SSSR count). The van der Waals surface area contributed by atoms with Crippen LogP contribution in [0.1, 0.15) is 30.3 Å². The Morgan fingerprint density at radius 1 is 1.16 bits per heavy atom. The summed E-state index contributed by atoms with van der Waals surface area (Å²) in [5.74, 6) is 0.242. The second kappa shape index (κ2) is 10.5. The average Bonchev–Trinajstić information content (AvgIpc) is 2.81. The van der Waals surface area contributed by atoms with Gasteiger partial charge in [0.1, 0.15) is 11.6 Å². The van der Waals surface area contributed by atoms with Crippen molar-refractivity contribution >= 4 is 16.8 Å². The van der Waals surface area contributed by atoms with Gasteiger partial charge in [-0.25, -0.2) is 9.37 Å². The van der Waals surface area contributed by atoms with E-state index < -0.39 is 0 Å². The molecule has 1 saturated heterocycles. The smallest absolute Gasteiger partial charge is 0.258 e. The van der Waals surface area contributed by atoms with Crippen LogP contribution in [0.4, 0.5) is 4.39 Å². The van der Waals surface area contributed by atoms with Crippen molar-refractivity contribution in [1.29, 1.82) is 0 Å². The summed E-state index contributed by atoms with van der Waals surface area (Å²) in [6.07, 6.45) is 1.42. The highest BCUT2D eigenvalue weighted by molar-refractivity contribution is 5.77. The van der Waals surface area contributed by atoms with E-state index in [9.17, 15) is 14.0 Å². The summed E-state index contributed by atoms with van der Waals surface area (Å²) in [4.78, 5) is 34.2. The highest BCUT2D eigenvalue weighted by atomic mass is 19.1. The number of nitrogens with one attached hydrogen (secondary N) is 2. The number of halogens is 1. The number of aromatic nitrogens is 2. The number of morpholine rings is 1. The van der Waals surface area contributed by atoms with Gasteiger partial charge in [0.2, 0.25) is 5.91 Å². The molecule has 0 spiro atoms. The zero-order chi connectivity index (χ0) is 22.3. The number of amides is 1. The number of para-hydroxylation sites is 1. The zero-order valence-electron chi connectivity index (χ0n) is 17.9. The molecule has 0 aliphatic carbocycles. The fraction of sp³-hybridized carbons (Fsp3) is 0.375. The molecule has 1 atom stereocenters. The van der Waals surface area contributed by atoms with Crippen LogP contribution in [-0.4, -0.2) is 53.6 Å². The van der Waals surface area contributed by atoms with Gasteiger partial charge in [0.05, 0.1) is 30.2 Å². The highest BCUT2D eigenvalue weighted by Crippen LogP contribution is 2.21. The first-order valence-corrected chi connectivity index (χ1v) is 10.9. The second-order valence-corrected chi connectivity index (χ2v) is 7.90. The standard InChI is InChI=1S/C24H27FN4O3/c25-18-10-8-17(9-11-18)21(29-12-14-32-15-13-29)16-26-23(30)7-3-6-22-27-20-5-2-1-4-19(20)24(31)28-22/h1-2,4-5,8-11,21H,3,6-7,12-16H2,(H,26,30)(H,27,28,31). The van der Waals surface area contributed by atoms with Gasteiger partial charge in [-0.1, -0.05) is 24.3 Å². The van der Waals surface area contributed by atoms with Crippen LogP contribution in [0.5, 0.6) is 0 Å². The van der Waals surface area contributed by atoms with E-state index in [1.54, 1.807) is 24.3 Å². The molecule has 1 aromatic heterocycles. The maximum Gasteiger partial charge on any atom is 0.258 e. The predicted octanol–water partition coefficient (Wildman–Crippen LogP) is 2.57. The number of fused-ring (bicyclic) bond motifs is 1. The molecule has 1 amide bonds. The molecule has 168 valence electrons. The van der Waals surface area contributed by atoms with Gasteiger partial charge in [0.15, 0.2) is 0 Å². The molecule has 2 aromatic carbocycles. The Morgan fingerprint density at radius 3 is 2.69 bits per heavy atom. The average molecular weight is 439 g/mol. The first-order valence-electron chi connectivity index (χ1n) is 10.9. The number of aryl methyl sites for hydroxylation is 1. The Morgan fingerprint density at radius 2 is 1.91 bits per heavy atom. The third-order valence-electron chi connectivity index (χ3n) is 5.71. The van der Waals surface area contributed by atoms with Crippen molar-refractivity contribution in [3.63, 3.8) is 0 Å². The van der Waals surface area contributed by atoms with Crippen LogP contribution in [0.3, 0.4) is 0 Å². The number of ether oxygens (including phenoxy) is 1. The highest BCUT2D eigenvalue weighted by Gasteiger charge is 2.23. The van der Waals surface area contributed by atoms with Gasteiger partial charge in [0.25, 0.3) is 5.56 Å². The first kappa shape index (κ1) is 22.1. The molecule has 8 heteroatoms. The molecular formula is C24H27FN4O3. The molecule has 0 radical (unpaired) electrons. The Bertz CT molecular complexity index is 1110. The van der Waals surface area contributed by atoms with Crippen LogP contribution in [0.25, 0.3) is 10.9 Å².